The molecule has 5 aromatic carbocycles. The van der Waals surface area contributed by atoms with Gasteiger partial charge in [-0.25, -0.2) is 4.99 Å². The highest BCUT2D eigenvalue weighted by atomic mass is 16.3. The molecule has 0 saturated carbocycles. The van der Waals surface area contributed by atoms with Crippen LogP contribution >= 0.6 is 0 Å². The molecule has 2 aliphatic carbocycles. The fraction of sp³-hybridized carbons (Fsp3) is 0.163. The van der Waals surface area contributed by atoms with Crippen LogP contribution in [0.15, 0.2) is 188 Å². The van der Waals surface area contributed by atoms with E-state index in [2.05, 4.69) is 151 Å². The Balaban J connectivity index is 1.21. The first-order valence-electron chi connectivity index (χ1n) is 19.3. The minimum absolute atomic E-state index is 0.0680. The molecular weight excluding hydrogens is 675 g/mol. The first-order valence-corrected chi connectivity index (χ1v) is 19.3. The van der Waals surface area contributed by atoms with E-state index in [4.69, 9.17) is 19.4 Å². The number of allylic oxidation sites excluding steroid dienone is 5. The van der Waals surface area contributed by atoms with Crippen molar-refractivity contribution in [2.75, 3.05) is 13.6 Å². The summed E-state index contributed by atoms with van der Waals surface area (Å²) >= 11 is 0. The predicted molar refractivity (Wildman–Crippen MR) is 226 cm³/mol. The van der Waals surface area contributed by atoms with Crippen LogP contribution in [0, 0.1) is 5.92 Å². The summed E-state index contributed by atoms with van der Waals surface area (Å²) in [5.41, 5.74) is 10.6. The van der Waals surface area contributed by atoms with E-state index in [0.29, 0.717) is 6.54 Å². The molecule has 2 aliphatic heterocycles. The van der Waals surface area contributed by atoms with Crippen LogP contribution in [0.2, 0.25) is 0 Å². The first kappa shape index (κ1) is 33.1. The predicted octanol–water partition coefficient (Wildman–Crippen LogP) is 10.4. The summed E-state index contributed by atoms with van der Waals surface area (Å²) in [4.78, 5) is 18.6. The highest BCUT2D eigenvalue weighted by Gasteiger charge is 2.34. The number of amidine groups is 3. The number of fused-ring (bicyclic) bond motifs is 3. The summed E-state index contributed by atoms with van der Waals surface area (Å²) in [5, 5.41) is 5.97. The van der Waals surface area contributed by atoms with Gasteiger partial charge < -0.3 is 14.6 Å². The zero-order chi connectivity index (χ0) is 36.7. The molecule has 0 radical (unpaired) electrons. The molecule has 6 nitrogen and oxygen atoms in total. The van der Waals surface area contributed by atoms with Crippen molar-refractivity contribution in [3.8, 4) is 0 Å². The van der Waals surface area contributed by atoms with Gasteiger partial charge in [0.15, 0.2) is 0 Å². The monoisotopic (exact) mass is 715 g/mol. The smallest absolute Gasteiger partial charge is 0.141 e. The lowest BCUT2D eigenvalue weighted by Crippen LogP contribution is -2.37. The number of nitrogens with zero attached hydrogens (tertiary/aromatic N) is 4. The normalized spacial score (nSPS) is 21.0. The Labute approximate surface area is 321 Å². The summed E-state index contributed by atoms with van der Waals surface area (Å²) in [6, 6.07) is 43.8. The summed E-state index contributed by atoms with van der Waals surface area (Å²) < 4.78 is 6.92. The van der Waals surface area contributed by atoms with Crippen LogP contribution in [0.25, 0.3) is 27.6 Å². The number of benzene rings is 5. The van der Waals surface area contributed by atoms with E-state index >= 15 is 0 Å². The molecule has 268 valence electrons. The maximum atomic E-state index is 6.92. The zero-order valence-electron chi connectivity index (χ0n) is 30.8. The molecular formula is C49H41N5O. The van der Waals surface area contributed by atoms with Crippen molar-refractivity contribution in [3.05, 3.63) is 197 Å². The molecule has 55 heavy (non-hydrogen) atoms. The number of nitrogens with one attached hydrogen (secondary N) is 1. The molecule has 4 aliphatic rings. The van der Waals surface area contributed by atoms with Gasteiger partial charge in [-0.2, -0.15) is 0 Å². The number of likely N-dealkylation sites (N-methyl/N-ethyl adjacent to an activating group) is 1. The lowest BCUT2D eigenvalue weighted by molar-refractivity contribution is 0.433. The van der Waals surface area contributed by atoms with Crippen LogP contribution in [0.4, 0.5) is 0 Å². The minimum atomic E-state index is -0.251. The Morgan fingerprint density at radius 2 is 1.44 bits per heavy atom. The van der Waals surface area contributed by atoms with Crippen molar-refractivity contribution >= 4 is 45.1 Å². The van der Waals surface area contributed by atoms with Crippen LogP contribution in [0.5, 0.6) is 0 Å². The van der Waals surface area contributed by atoms with Crippen LogP contribution in [-0.4, -0.2) is 42.0 Å². The highest BCUT2D eigenvalue weighted by Crippen LogP contribution is 2.42. The molecule has 1 aromatic heterocycles. The molecule has 1 N–H and O–H groups in total. The maximum absolute atomic E-state index is 6.92. The van der Waals surface area contributed by atoms with E-state index in [9.17, 15) is 0 Å². The fourth-order valence-electron chi connectivity index (χ4n) is 8.61. The van der Waals surface area contributed by atoms with E-state index in [0.717, 1.165) is 92.2 Å². The van der Waals surface area contributed by atoms with Crippen LogP contribution in [-0.2, 0) is 0 Å². The van der Waals surface area contributed by atoms with Gasteiger partial charge in [-0.1, -0.05) is 140 Å². The topological polar surface area (TPSA) is 65.5 Å². The molecule has 3 heterocycles. The lowest BCUT2D eigenvalue weighted by atomic mass is 9.79. The van der Waals surface area contributed by atoms with Gasteiger partial charge in [0.1, 0.15) is 28.7 Å². The third-order valence-corrected chi connectivity index (χ3v) is 11.4. The maximum Gasteiger partial charge on any atom is 0.141 e. The van der Waals surface area contributed by atoms with E-state index in [1.807, 2.05) is 24.3 Å². The minimum Gasteiger partial charge on any atom is -0.456 e. The van der Waals surface area contributed by atoms with Crippen molar-refractivity contribution in [3.63, 3.8) is 0 Å². The number of hydrogen-bond donors (Lipinski definition) is 1. The summed E-state index contributed by atoms with van der Waals surface area (Å²) in [7, 11) is 2.14. The molecule has 0 spiro atoms. The molecule has 0 amide bonds. The van der Waals surface area contributed by atoms with Gasteiger partial charge in [0.2, 0.25) is 0 Å². The lowest BCUT2D eigenvalue weighted by Gasteiger charge is -2.34. The molecule has 0 saturated heterocycles. The fourth-order valence-corrected chi connectivity index (χ4v) is 8.61. The first-order chi connectivity index (χ1) is 27.2. The second-order valence-corrected chi connectivity index (χ2v) is 14.7. The van der Waals surface area contributed by atoms with Crippen LogP contribution in [0.1, 0.15) is 53.1 Å². The number of furan rings is 1. The second kappa shape index (κ2) is 14.0. The van der Waals surface area contributed by atoms with Crippen molar-refractivity contribution in [1.82, 2.24) is 10.2 Å². The standard InChI is InChI=1S/C49H41N5O/c1-54-43(30-41(33-17-5-2-6-18-33)52-49(54)35-21-9-4-10-22-35)45-40(29-28-39-38-25-13-14-27-44(38)55-46(39)45)48-51-42(31-50-47(53-48)34-19-7-3-8-20-34)37-26-15-23-32-16-11-12-24-36(32)37/h2-10,12-15,17-25,27-30,37,42-43H,11,16,26,31H2,1H3,(H,50,51,53). The van der Waals surface area contributed by atoms with E-state index in [1.54, 1.807) is 0 Å². The van der Waals surface area contributed by atoms with Crippen molar-refractivity contribution in [2.45, 2.75) is 31.3 Å². The number of rotatable bonds is 6. The van der Waals surface area contributed by atoms with Crippen molar-refractivity contribution in [2.24, 2.45) is 20.9 Å². The van der Waals surface area contributed by atoms with E-state index < -0.39 is 0 Å². The average molecular weight is 716 g/mol. The number of para-hydroxylation sites is 1. The molecule has 6 aromatic rings. The Hall–Kier alpha value is -6.53. The largest absolute Gasteiger partial charge is 0.456 e. The van der Waals surface area contributed by atoms with Crippen molar-refractivity contribution in [1.29, 1.82) is 0 Å². The quantitative estimate of drug-likeness (QED) is 0.187. The zero-order valence-corrected chi connectivity index (χ0v) is 30.8. The van der Waals surface area contributed by atoms with Crippen LogP contribution < -0.4 is 5.32 Å². The Morgan fingerprint density at radius 1 is 0.709 bits per heavy atom. The highest BCUT2D eigenvalue weighted by molar-refractivity contribution is 6.18. The van der Waals surface area contributed by atoms with Gasteiger partial charge in [0.05, 0.1) is 24.3 Å². The van der Waals surface area contributed by atoms with E-state index in [-0.39, 0.29) is 18.0 Å². The van der Waals surface area contributed by atoms with Gasteiger partial charge in [0.25, 0.3) is 0 Å². The van der Waals surface area contributed by atoms with Crippen molar-refractivity contribution < 1.29 is 4.42 Å². The van der Waals surface area contributed by atoms with Gasteiger partial charge >= 0.3 is 0 Å². The third-order valence-electron chi connectivity index (χ3n) is 11.4. The summed E-state index contributed by atoms with van der Waals surface area (Å²) in [6.07, 6.45) is 14.7. The van der Waals surface area contributed by atoms with Gasteiger partial charge in [-0.3, -0.25) is 9.98 Å². The number of hydrogen-bond acceptors (Lipinski definition) is 6. The van der Waals surface area contributed by atoms with Gasteiger partial charge in [-0.15, -0.1) is 0 Å². The van der Waals surface area contributed by atoms with Gasteiger partial charge in [0, 0.05) is 46.0 Å². The molecule has 0 bridgehead atoms. The Kier molecular flexibility index (Phi) is 8.44. The second-order valence-electron chi connectivity index (χ2n) is 14.7. The molecule has 3 unspecified atom stereocenters. The SMILES string of the molecule is CN1C(c2ccccc2)=NC(c2ccccc2)=CC1c1c(C2=NC(C3CC=CC4=C3C=CCC4)CN=C(c3ccccc3)N2)ccc2c1oc1ccccc12. The van der Waals surface area contributed by atoms with Gasteiger partial charge in [-0.05, 0) is 54.2 Å². The Morgan fingerprint density at radius 3 is 2.24 bits per heavy atom. The molecule has 10 rings (SSSR count). The average Bonchev–Trinajstić information content (AvgIpc) is 3.49. The Bertz CT molecular complexity index is 2640. The van der Waals surface area contributed by atoms with Crippen LogP contribution in [0.3, 0.4) is 0 Å². The summed E-state index contributed by atoms with van der Waals surface area (Å²) in [5.74, 6) is 2.74. The molecule has 0 fully saturated rings. The third kappa shape index (κ3) is 6.04. The molecule has 3 atom stereocenters. The number of aliphatic imine (C=N–C) groups is 3. The molecule has 6 heteroatoms. The van der Waals surface area contributed by atoms with E-state index in [1.165, 1.54) is 11.1 Å². The summed E-state index contributed by atoms with van der Waals surface area (Å²) in [6.45, 7) is 0.582.